The molecule has 1 fully saturated rings. The minimum Gasteiger partial charge on any atom is -0.361 e. The molecule has 3 heterocycles. The van der Waals surface area contributed by atoms with Gasteiger partial charge in [0.15, 0.2) is 5.11 Å². The summed E-state index contributed by atoms with van der Waals surface area (Å²) in [5.41, 5.74) is 3.37. The Morgan fingerprint density at radius 1 is 1.27 bits per heavy atom. The maximum absolute atomic E-state index is 5.59. The van der Waals surface area contributed by atoms with E-state index in [1.54, 1.807) is 0 Å². The minimum absolute atomic E-state index is 0.0745. The molecular formula is C17H22N4S. The Kier molecular flexibility index (Phi) is 4.16. The summed E-state index contributed by atoms with van der Waals surface area (Å²) in [6.45, 7) is 7.44. The van der Waals surface area contributed by atoms with Crippen molar-refractivity contribution < 1.29 is 0 Å². The van der Waals surface area contributed by atoms with E-state index in [0.717, 1.165) is 23.0 Å². The van der Waals surface area contributed by atoms with E-state index < -0.39 is 0 Å². The summed E-state index contributed by atoms with van der Waals surface area (Å²) in [4.78, 5) is 10.3. The highest BCUT2D eigenvalue weighted by Gasteiger charge is 2.40. The fraction of sp³-hybridized carbons (Fsp3) is 0.412. The second kappa shape index (κ2) is 6.08. The molecule has 0 amide bonds. The molecule has 0 aliphatic carbocycles. The second-order valence-corrected chi connectivity index (χ2v) is 6.66. The molecule has 3 rings (SSSR count). The van der Waals surface area contributed by atoms with Gasteiger partial charge in [-0.3, -0.25) is 4.98 Å². The van der Waals surface area contributed by atoms with Gasteiger partial charge in [0.05, 0.1) is 17.8 Å². The third-order valence-corrected chi connectivity index (χ3v) is 4.29. The lowest BCUT2D eigenvalue weighted by molar-refractivity contribution is 0.283. The van der Waals surface area contributed by atoms with Gasteiger partial charge in [-0.05, 0) is 49.3 Å². The van der Waals surface area contributed by atoms with E-state index in [1.165, 1.54) is 5.69 Å². The van der Waals surface area contributed by atoms with Crippen LogP contribution in [0.4, 0.5) is 0 Å². The van der Waals surface area contributed by atoms with Gasteiger partial charge in [-0.25, -0.2) is 0 Å². The van der Waals surface area contributed by atoms with Crippen LogP contribution < -0.4 is 5.32 Å². The van der Waals surface area contributed by atoms with Crippen molar-refractivity contribution in [2.75, 3.05) is 6.54 Å². The van der Waals surface area contributed by atoms with Gasteiger partial charge in [0.1, 0.15) is 0 Å². The van der Waals surface area contributed by atoms with Crippen LogP contribution in [-0.2, 0) is 0 Å². The molecule has 22 heavy (non-hydrogen) atoms. The Hall–Kier alpha value is -1.88. The molecule has 0 saturated carbocycles. The van der Waals surface area contributed by atoms with Gasteiger partial charge in [-0.15, -0.1) is 0 Å². The maximum Gasteiger partial charge on any atom is 0.170 e. The van der Waals surface area contributed by atoms with Crippen molar-refractivity contribution in [3.8, 4) is 0 Å². The molecule has 2 aromatic rings. The van der Waals surface area contributed by atoms with Crippen molar-refractivity contribution in [2.24, 2.45) is 5.92 Å². The predicted octanol–water partition coefficient (Wildman–Crippen LogP) is 3.35. The Balaban J connectivity index is 2.00. The van der Waals surface area contributed by atoms with Gasteiger partial charge in [0.2, 0.25) is 0 Å². The summed E-state index contributed by atoms with van der Waals surface area (Å²) in [6.07, 6.45) is 1.84. The number of H-pyrrole nitrogens is 1. The highest BCUT2D eigenvalue weighted by atomic mass is 32.1. The van der Waals surface area contributed by atoms with Crippen LogP contribution in [0, 0.1) is 12.8 Å². The normalized spacial score (nSPS) is 21.5. The van der Waals surface area contributed by atoms with Crippen molar-refractivity contribution in [2.45, 2.75) is 32.9 Å². The fourth-order valence-corrected chi connectivity index (χ4v) is 3.35. The first-order chi connectivity index (χ1) is 10.6. The largest absolute Gasteiger partial charge is 0.361 e. The summed E-state index contributed by atoms with van der Waals surface area (Å²) in [5.74, 6) is 0.542. The third-order valence-electron chi connectivity index (χ3n) is 3.93. The first-order valence-electron chi connectivity index (χ1n) is 7.70. The lowest BCUT2D eigenvalue weighted by atomic mass is 10.0. The maximum atomic E-state index is 5.59. The average Bonchev–Trinajstić information content (AvgIpc) is 3.04. The summed E-state index contributed by atoms with van der Waals surface area (Å²) in [5, 5.41) is 4.27. The number of nitrogens with one attached hydrogen (secondary N) is 2. The smallest absolute Gasteiger partial charge is 0.170 e. The molecule has 0 spiro atoms. The van der Waals surface area contributed by atoms with Crippen LogP contribution in [0.1, 0.15) is 43.0 Å². The van der Waals surface area contributed by atoms with Crippen molar-refractivity contribution in [1.82, 2.24) is 20.2 Å². The number of aromatic amines is 1. The third kappa shape index (κ3) is 2.86. The highest BCUT2D eigenvalue weighted by molar-refractivity contribution is 7.80. The zero-order chi connectivity index (χ0) is 15.7. The van der Waals surface area contributed by atoms with Crippen LogP contribution in [0.5, 0.6) is 0 Å². The Labute approximate surface area is 136 Å². The molecule has 0 unspecified atom stereocenters. The molecule has 0 aromatic carbocycles. The highest BCUT2D eigenvalue weighted by Crippen LogP contribution is 2.38. The first kappa shape index (κ1) is 15.0. The monoisotopic (exact) mass is 314 g/mol. The minimum atomic E-state index is 0.0745. The molecule has 1 aliphatic heterocycles. The van der Waals surface area contributed by atoms with E-state index in [0.29, 0.717) is 5.92 Å². The van der Waals surface area contributed by atoms with E-state index >= 15 is 0 Å². The Morgan fingerprint density at radius 3 is 2.68 bits per heavy atom. The van der Waals surface area contributed by atoms with E-state index in [-0.39, 0.29) is 12.1 Å². The van der Waals surface area contributed by atoms with Crippen LogP contribution in [0.15, 0.2) is 36.5 Å². The number of aromatic nitrogens is 2. The topological polar surface area (TPSA) is 44.0 Å². The molecule has 1 aliphatic rings. The SMILES string of the molecule is Cc1ccc([C@H]2[C@@H](c3ccccn3)NC(=S)N2CC(C)C)[nH]1. The summed E-state index contributed by atoms with van der Waals surface area (Å²) in [7, 11) is 0. The second-order valence-electron chi connectivity index (χ2n) is 6.27. The van der Waals surface area contributed by atoms with Gasteiger partial charge < -0.3 is 15.2 Å². The molecule has 0 radical (unpaired) electrons. The molecule has 2 N–H and O–H groups in total. The van der Waals surface area contributed by atoms with Crippen molar-refractivity contribution >= 4 is 17.3 Å². The molecule has 2 atom stereocenters. The van der Waals surface area contributed by atoms with Gasteiger partial charge in [-0.2, -0.15) is 0 Å². The van der Waals surface area contributed by atoms with Crippen LogP contribution in [-0.4, -0.2) is 26.5 Å². The van der Waals surface area contributed by atoms with E-state index in [4.69, 9.17) is 12.2 Å². The lowest BCUT2D eigenvalue weighted by Gasteiger charge is -2.28. The van der Waals surface area contributed by atoms with Crippen molar-refractivity contribution in [3.63, 3.8) is 0 Å². The Bertz CT molecular complexity index is 650. The van der Waals surface area contributed by atoms with E-state index in [9.17, 15) is 0 Å². The lowest BCUT2D eigenvalue weighted by Crippen LogP contribution is -2.33. The average molecular weight is 314 g/mol. The van der Waals surface area contributed by atoms with Crippen LogP contribution in [0.25, 0.3) is 0 Å². The summed E-state index contributed by atoms with van der Waals surface area (Å²) in [6, 6.07) is 10.5. The van der Waals surface area contributed by atoms with Crippen LogP contribution in [0.3, 0.4) is 0 Å². The number of rotatable bonds is 4. The standard InChI is InChI=1S/C17H22N4S/c1-11(2)10-21-16(14-8-7-12(3)19-14)15(20-17(21)22)13-6-4-5-9-18-13/h4-9,11,15-16,19H,10H2,1-3H3,(H,20,22)/t15-,16+/m1/s1. The van der Waals surface area contributed by atoms with Crippen molar-refractivity contribution in [1.29, 1.82) is 0 Å². The van der Waals surface area contributed by atoms with Gasteiger partial charge in [-0.1, -0.05) is 19.9 Å². The quantitative estimate of drug-likeness (QED) is 0.850. The predicted molar refractivity (Wildman–Crippen MR) is 92.5 cm³/mol. The van der Waals surface area contributed by atoms with Crippen LogP contribution in [0.2, 0.25) is 0 Å². The molecule has 2 aromatic heterocycles. The molecule has 0 bridgehead atoms. The van der Waals surface area contributed by atoms with Crippen LogP contribution >= 0.6 is 12.2 Å². The molecule has 4 nitrogen and oxygen atoms in total. The van der Waals surface area contributed by atoms with Gasteiger partial charge >= 0.3 is 0 Å². The number of nitrogens with zero attached hydrogens (tertiary/aromatic N) is 2. The molecule has 5 heteroatoms. The summed E-state index contributed by atoms with van der Waals surface area (Å²) < 4.78 is 0. The molecular weight excluding hydrogens is 292 g/mol. The number of aryl methyl sites for hydroxylation is 1. The van der Waals surface area contributed by atoms with E-state index in [1.807, 2.05) is 18.3 Å². The molecule has 116 valence electrons. The zero-order valence-corrected chi connectivity index (χ0v) is 14.0. The first-order valence-corrected chi connectivity index (χ1v) is 8.10. The number of thiocarbonyl (C=S) groups is 1. The van der Waals surface area contributed by atoms with Crippen molar-refractivity contribution in [3.05, 3.63) is 53.6 Å². The fourth-order valence-electron chi connectivity index (χ4n) is 3.03. The zero-order valence-electron chi connectivity index (χ0n) is 13.2. The number of hydrogen-bond acceptors (Lipinski definition) is 2. The molecule has 1 saturated heterocycles. The van der Waals surface area contributed by atoms with Gasteiger partial charge in [0, 0.05) is 24.1 Å². The number of hydrogen-bond donors (Lipinski definition) is 2. The van der Waals surface area contributed by atoms with E-state index in [2.05, 4.69) is 59.2 Å². The number of pyridine rings is 1. The summed E-state index contributed by atoms with van der Waals surface area (Å²) >= 11 is 5.59. The Morgan fingerprint density at radius 2 is 2.09 bits per heavy atom. The van der Waals surface area contributed by atoms with Gasteiger partial charge in [0.25, 0.3) is 0 Å².